The Kier molecular flexibility index (Phi) is 4.03. The average Bonchev–Trinajstić information content (AvgIpc) is 2.57. The minimum Gasteiger partial charge on any atom is -0.477 e. The van der Waals surface area contributed by atoms with Crippen molar-refractivity contribution < 1.29 is 31.5 Å². The highest BCUT2D eigenvalue weighted by Gasteiger charge is 2.31. The standard InChI is InChI=1S/C8H8F3NO4S2/c1-4-2-5(17-6(4)7(13)14)18(15,16)12-3-8(9,10)11/h2,12H,3H2,1H3,(H,13,14). The van der Waals surface area contributed by atoms with Crippen molar-refractivity contribution in [1.82, 2.24) is 4.72 Å². The first-order valence-corrected chi connectivity index (χ1v) is 6.73. The lowest BCUT2D eigenvalue weighted by atomic mass is 10.3. The molecule has 0 aliphatic rings. The molecule has 0 spiro atoms. The van der Waals surface area contributed by atoms with E-state index in [4.69, 9.17) is 5.11 Å². The Morgan fingerprint density at radius 2 is 2.06 bits per heavy atom. The normalized spacial score (nSPS) is 12.7. The molecule has 0 unspecified atom stereocenters. The third kappa shape index (κ3) is 3.68. The van der Waals surface area contributed by atoms with Gasteiger partial charge in [-0.25, -0.2) is 17.9 Å². The van der Waals surface area contributed by atoms with Crippen LogP contribution < -0.4 is 4.72 Å². The summed E-state index contributed by atoms with van der Waals surface area (Å²) in [5.74, 6) is -1.32. The summed E-state index contributed by atoms with van der Waals surface area (Å²) < 4.78 is 59.5. The number of rotatable bonds is 4. The minimum atomic E-state index is -4.67. The summed E-state index contributed by atoms with van der Waals surface area (Å²) in [5.41, 5.74) is 0.180. The van der Waals surface area contributed by atoms with Gasteiger partial charge in [-0.15, -0.1) is 11.3 Å². The van der Waals surface area contributed by atoms with E-state index in [0.717, 1.165) is 6.07 Å². The fraction of sp³-hybridized carbons (Fsp3) is 0.375. The van der Waals surface area contributed by atoms with Gasteiger partial charge in [0.2, 0.25) is 10.0 Å². The molecule has 102 valence electrons. The van der Waals surface area contributed by atoms with Crippen molar-refractivity contribution in [1.29, 1.82) is 0 Å². The molecule has 1 rings (SSSR count). The summed E-state index contributed by atoms with van der Waals surface area (Å²) >= 11 is 0.408. The third-order valence-corrected chi connectivity index (χ3v) is 4.92. The molecule has 0 aliphatic carbocycles. The third-order valence-electron chi connectivity index (χ3n) is 1.82. The summed E-state index contributed by atoms with van der Waals surface area (Å²) in [6.45, 7) is -0.336. The number of alkyl halides is 3. The number of carboxylic acid groups (broad SMARTS) is 1. The van der Waals surface area contributed by atoms with Crippen molar-refractivity contribution in [2.45, 2.75) is 17.3 Å². The molecule has 10 heteroatoms. The summed E-state index contributed by atoms with van der Waals surface area (Å²) in [6, 6.07) is 1.02. The Bertz CT molecular complexity index is 561. The van der Waals surface area contributed by atoms with Gasteiger partial charge in [0.25, 0.3) is 0 Å². The Hall–Kier alpha value is -1.13. The van der Waals surface area contributed by atoms with Crippen LogP contribution in [-0.2, 0) is 10.0 Å². The van der Waals surface area contributed by atoms with E-state index in [1.165, 1.54) is 11.6 Å². The molecule has 0 amide bonds. The fourth-order valence-electron chi connectivity index (χ4n) is 1.05. The molecule has 1 heterocycles. The maximum atomic E-state index is 11.9. The van der Waals surface area contributed by atoms with Crippen LogP contribution in [-0.4, -0.2) is 32.2 Å². The molecule has 1 aromatic rings. The van der Waals surface area contributed by atoms with Crippen LogP contribution in [0.4, 0.5) is 13.2 Å². The lowest BCUT2D eigenvalue weighted by molar-refractivity contribution is -0.121. The van der Waals surface area contributed by atoms with Crippen molar-refractivity contribution in [3.05, 3.63) is 16.5 Å². The molecular weight excluding hydrogens is 295 g/mol. The molecule has 0 aromatic carbocycles. The number of sulfonamides is 1. The highest BCUT2D eigenvalue weighted by atomic mass is 32.2. The number of halogens is 3. The quantitative estimate of drug-likeness (QED) is 0.885. The number of thiophene rings is 1. The van der Waals surface area contributed by atoms with Crippen LogP contribution in [0.15, 0.2) is 10.3 Å². The van der Waals surface area contributed by atoms with E-state index in [2.05, 4.69) is 0 Å². The summed E-state index contributed by atoms with van der Waals surface area (Å²) in [7, 11) is -4.34. The molecule has 0 fully saturated rings. The van der Waals surface area contributed by atoms with Gasteiger partial charge in [-0.1, -0.05) is 0 Å². The van der Waals surface area contributed by atoms with E-state index in [0.29, 0.717) is 11.3 Å². The van der Waals surface area contributed by atoms with Crippen LogP contribution in [0.3, 0.4) is 0 Å². The Morgan fingerprint density at radius 1 is 1.50 bits per heavy atom. The van der Waals surface area contributed by atoms with Crippen LogP contribution in [0.5, 0.6) is 0 Å². The Labute approximate surface area is 104 Å². The number of aromatic carboxylic acids is 1. The number of nitrogens with one attached hydrogen (secondary N) is 1. The smallest absolute Gasteiger partial charge is 0.402 e. The molecule has 18 heavy (non-hydrogen) atoms. The molecule has 1 aromatic heterocycles. The van der Waals surface area contributed by atoms with Gasteiger partial charge >= 0.3 is 12.1 Å². The van der Waals surface area contributed by atoms with Gasteiger partial charge in [0.15, 0.2) is 0 Å². The van der Waals surface area contributed by atoms with Gasteiger partial charge in [0, 0.05) is 0 Å². The van der Waals surface area contributed by atoms with Crippen LogP contribution in [0.25, 0.3) is 0 Å². The van der Waals surface area contributed by atoms with Gasteiger partial charge in [0.05, 0.1) is 0 Å². The summed E-state index contributed by atoms with van der Waals surface area (Å²) in [5, 5.41) is 8.72. The highest BCUT2D eigenvalue weighted by Crippen LogP contribution is 2.26. The van der Waals surface area contributed by atoms with E-state index in [9.17, 15) is 26.4 Å². The maximum Gasteiger partial charge on any atom is 0.402 e. The van der Waals surface area contributed by atoms with Crippen LogP contribution in [0.1, 0.15) is 15.2 Å². The first-order valence-electron chi connectivity index (χ1n) is 4.43. The zero-order chi connectivity index (χ0) is 14.1. The second-order valence-electron chi connectivity index (χ2n) is 3.32. The second kappa shape index (κ2) is 4.86. The van der Waals surface area contributed by atoms with Crippen molar-refractivity contribution >= 4 is 27.3 Å². The van der Waals surface area contributed by atoms with Gasteiger partial charge in [-0.05, 0) is 18.6 Å². The molecule has 0 bridgehead atoms. The zero-order valence-electron chi connectivity index (χ0n) is 8.91. The number of aryl methyl sites for hydroxylation is 1. The number of carboxylic acids is 1. The molecule has 0 saturated heterocycles. The largest absolute Gasteiger partial charge is 0.477 e. The topological polar surface area (TPSA) is 83.5 Å². The van der Waals surface area contributed by atoms with Gasteiger partial charge in [-0.3, -0.25) is 0 Å². The maximum absolute atomic E-state index is 11.9. The monoisotopic (exact) mass is 303 g/mol. The van der Waals surface area contributed by atoms with Gasteiger partial charge in [-0.2, -0.15) is 13.2 Å². The predicted molar refractivity (Wildman–Crippen MR) is 57.3 cm³/mol. The van der Waals surface area contributed by atoms with E-state index >= 15 is 0 Å². The highest BCUT2D eigenvalue weighted by molar-refractivity contribution is 7.91. The lowest BCUT2D eigenvalue weighted by Crippen LogP contribution is -2.33. The fourth-order valence-corrected chi connectivity index (χ4v) is 3.48. The molecule has 0 radical (unpaired) electrons. The van der Waals surface area contributed by atoms with Crippen LogP contribution in [0, 0.1) is 6.92 Å². The molecule has 2 N–H and O–H groups in total. The van der Waals surface area contributed by atoms with E-state index in [1.807, 2.05) is 0 Å². The molecule has 0 aliphatic heterocycles. The molecular formula is C8H8F3NO4S2. The first-order chi connectivity index (χ1) is 8.03. The second-order valence-corrected chi connectivity index (χ2v) is 6.37. The number of hydrogen-bond acceptors (Lipinski definition) is 4. The van der Waals surface area contributed by atoms with Crippen LogP contribution >= 0.6 is 11.3 Å². The summed E-state index contributed by atoms with van der Waals surface area (Å²) in [4.78, 5) is 10.5. The van der Waals surface area contributed by atoms with E-state index < -0.39 is 32.9 Å². The van der Waals surface area contributed by atoms with E-state index in [-0.39, 0.29) is 10.4 Å². The SMILES string of the molecule is Cc1cc(S(=O)(=O)NCC(F)(F)F)sc1C(=O)O. The first kappa shape index (κ1) is 14.9. The predicted octanol–water partition coefficient (Wildman–Crippen LogP) is 1.60. The number of carbonyl (C=O) groups is 1. The van der Waals surface area contributed by atoms with Crippen molar-refractivity contribution in [2.24, 2.45) is 0 Å². The Balaban J connectivity index is 2.99. The van der Waals surface area contributed by atoms with Crippen molar-refractivity contribution in [2.75, 3.05) is 6.54 Å². The average molecular weight is 303 g/mol. The minimum absolute atomic E-state index is 0.180. The van der Waals surface area contributed by atoms with E-state index in [1.54, 1.807) is 0 Å². The number of hydrogen-bond donors (Lipinski definition) is 2. The molecule has 0 saturated carbocycles. The van der Waals surface area contributed by atoms with Crippen molar-refractivity contribution in [3.63, 3.8) is 0 Å². The molecule has 0 atom stereocenters. The Morgan fingerprint density at radius 3 is 2.44 bits per heavy atom. The molecule has 5 nitrogen and oxygen atoms in total. The van der Waals surface area contributed by atoms with Gasteiger partial charge < -0.3 is 5.11 Å². The van der Waals surface area contributed by atoms with Crippen LogP contribution in [0.2, 0.25) is 0 Å². The van der Waals surface area contributed by atoms with Gasteiger partial charge in [0.1, 0.15) is 15.6 Å². The van der Waals surface area contributed by atoms with Crippen molar-refractivity contribution in [3.8, 4) is 0 Å². The lowest BCUT2D eigenvalue weighted by Gasteiger charge is -2.07. The zero-order valence-corrected chi connectivity index (χ0v) is 10.5. The summed E-state index contributed by atoms with van der Waals surface area (Å²) in [6.07, 6.45) is -4.67.